The number of carbonyl (C=O) groups excluding carboxylic acids is 1. The van der Waals surface area contributed by atoms with Crippen LogP contribution < -0.4 is 10.9 Å². The molecule has 0 saturated carbocycles. The van der Waals surface area contributed by atoms with E-state index in [0.29, 0.717) is 10.8 Å². The highest BCUT2D eigenvalue weighted by molar-refractivity contribution is 7.20. The average Bonchev–Trinajstić information content (AvgIpc) is 3.80. The highest BCUT2D eigenvalue weighted by Crippen LogP contribution is 2.38. The molecule has 13 heteroatoms. The Morgan fingerprint density at radius 3 is 2.50 bits per heavy atom. The largest absolute Gasteiger partial charge is 0.483 e. The van der Waals surface area contributed by atoms with Gasteiger partial charge in [0.15, 0.2) is 6.33 Å². The van der Waals surface area contributed by atoms with Crippen molar-refractivity contribution in [1.29, 1.82) is 0 Å². The lowest BCUT2D eigenvalue weighted by atomic mass is 9.71. The molecule has 0 bridgehead atoms. The van der Waals surface area contributed by atoms with Crippen LogP contribution in [0.4, 0.5) is 0 Å². The minimum absolute atomic E-state index is 0.0655. The third-order valence-corrected chi connectivity index (χ3v) is 11.1. The molecule has 4 aromatic heterocycles. The molecule has 7 rings (SSSR count). The van der Waals surface area contributed by atoms with Gasteiger partial charge in [-0.25, -0.2) is 4.98 Å². The molecular formula is C37H44N8O4S. The zero-order valence-corrected chi connectivity index (χ0v) is 29.5. The Kier molecular flexibility index (Phi) is 10.8. The number of aryl methyl sites for hydroxylation is 1. The number of benzene rings is 1. The molecule has 12 nitrogen and oxygen atoms in total. The molecule has 0 unspecified atom stereocenters. The Hall–Kier alpha value is -4.75. The van der Waals surface area contributed by atoms with E-state index in [2.05, 4.69) is 81.7 Å². The van der Waals surface area contributed by atoms with Crippen molar-refractivity contribution in [2.75, 3.05) is 19.6 Å². The number of tetrazole rings is 1. The van der Waals surface area contributed by atoms with Crippen LogP contribution in [-0.2, 0) is 17.6 Å². The first-order valence-corrected chi connectivity index (χ1v) is 18.0. The van der Waals surface area contributed by atoms with Crippen LogP contribution >= 0.6 is 11.3 Å². The smallest absolute Gasteiger partial charge is 0.290 e. The van der Waals surface area contributed by atoms with Gasteiger partial charge >= 0.3 is 0 Å². The number of pyridine rings is 2. The Bertz CT molecular complexity index is 1940. The summed E-state index contributed by atoms with van der Waals surface area (Å²) in [4.78, 5) is 47.4. The van der Waals surface area contributed by atoms with Crippen LogP contribution in [0.1, 0.15) is 85.0 Å². The van der Waals surface area contributed by atoms with Crippen molar-refractivity contribution in [2.45, 2.75) is 71.4 Å². The summed E-state index contributed by atoms with van der Waals surface area (Å²) in [5.41, 5.74) is 5.66. The molecule has 5 aromatic rings. The maximum absolute atomic E-state index is 13.9. The molecular weight excluding hydrogens is 653 g/mol. The molecule has 0 radical (unpaired) electrons. The van der Waals surface area contributed by atoms with Crippen molar-refractivity contribution in [3.05, 3.63) is 93.1 Å². The van der Waals surface area contributed by atoms with Crippen LogP contribution in [0.25, 0.3) is 21.3 Å². The number of carboxylic acid groups (broad SMARTS) is 1. The lowest BCUT2D eigenvalue weighted by Crippen LogP contribution is -2.38. The average molecular weight is 697 g/mol. The van der Waals surface area contributed by atoms with E-state index in [-0.39, 0.29) is 35.4 Å². The number of piperidine rings is 1. The van der Waals surface area contributed by atoms with Gasteiger partial charge in [0.25, 0.3) is 12.4 Å². The zero-order chi connectivity index (χ0) is 35.3. The fourth-order valence-electron chi connectivity index (χ4n) is 7.05. The van der Waals surface area contributed by atoms with Gasteiger partial charge in [0.05, 0.1) is 17.0 Å². The first-order valence-electron chi connectivity index (χ1n) is 17.2. The van der Waals surface area contributed by atoms with Crippen molar-refractivity contribution >= 4 is 33.9 Å². The van der Waals surface area contributed by atoms with E-state index in [1.807, 2.05) is 12.1 Å². The van der Waals surface area contributed by atoms with Crippen LogP contribution in [0.15, 0.2) is 65.8 Å². The van der Waals surface area contributed by atoms with Gasteiger partial charge in [0.1, 0.15) is 4.83 Å². The molecule has 1 aliphatic carbocycles. The summed E-state index contributed by atoms with van der Waals surface area (Å²) in [7, 11) is 0. The van der Waals surface area contributed by atoms with Crippen LogP contribution in [0.2, 0.25) is 0 Å². The number of rotatable bonds is 8. The summed E-state index contributed by atoms with van der Waals surface area (Å²) in [5, 5.41) is 23.5. The van der Waals surface area contributed by atoms with E-state index < -0.39 is 0 Å². The lowest BCUT2D eigenvalue weighted by molar-refractivity contribution is -0.122. The zero-order valence-electron chi connectivity index (χ0n) is 28.7. The normalized spacial score (nSPS) is 17.4. The third kappa shape index (κ3) is 8.33. The number of fused-ring (bicyclic) bond motifs is 2. The number of likely N-dealkylation sites (tertiary alicyclic amines) is 1. The van der Waals surface area contributed by atoms with Crippen LogP contribution in [0, 0.1) is 11.3 Å². The second-order valence-corrected chi connectivity index (χ2v) is 15.2. The number of hydrogen-bond donors (Lipinski definition) is 3. The van der Waals surface area contributed by atoms with E-state index in [0.717, 1.165) is 85.1 Å². The minimum Gasteiger partial charge on any atom is -0.483 e. The number of thiophene rings is 1. The van der Waals surface area contributed by atoms with Gasteiger partial charge in [0.2, 0.25) is 5.56 Å². The Morgan fingerprint density at radius 2 is 1.84 bits per heavy atom. The molecule has 5 heterocycles. The van der Waals surface area contributed by atoms with Crippen LogP contribution in [-0.4, -0.2) is 72.2 Å². The van der Waals surface area contributed by atoms with Gasteiger partial charge in [-0.05, 0) is 95.5 Å². The monoisotopic (exact) mass is 696 g/mol. The number of hydrogen-bond acceptors (Lipinski definition) is 9. The summed E-state index contributed by atoms with van der Waals surface area (Å²) >= 11 is 1.49. The van der Waals surface area contributed by atoms with Gasteiger partial charge < -0.3 is 20.3 Å². The summed E-state index contributed by atoms with van der Waals surface area (Å²) in [6.07, 6.45) is 9.14. The molecule has 0 spiro atoms. The Labute approximate surface area is 294 Å². The number of nitrogens with one attached hydrogen (secondary N) is 2. The van der Waals surface area contributed by atoms with E-state index in [4.69, 9.17) is 14.9 Å². The Morgan fingerprint density at radius 1 is 1.10 bits per heavy atom. The summed E-state index contributed by atoms with van der Waals surface area (Å²) in [5.74, 6) is 0.571. The van der Waals surface area contributed by atoms with Gasteiger partial charge in [-0.1, -0.05) is 45.0 Å². The van der Waals surface area contributed by atoms with Gasteiger partial charge in [-0.2, -0.15) is 4.80 Å². The van der Waals surface area contributed by atoms with Gasteiger partial charge in [-0.15, -0.1) is 21.5 Å². The second kappa shape index (κ2) is 15.4. The number of H-pyrrole nitrogens is 1. The maximum Gasteiger partial charge on any atom is 0.290 e. The van der Waals surface area contributed by atoms with Crippen molar-refractivity contribution in [3.8, 4) is 11.1 Å². The van der Waals surface area contributed by atoms with E-state index >= 15 is 0 Å². The van der Waals surface area contributed by atoms with Crippen LogP contribution in [0.5, 0.6) is 0 Å². The number of aromatic amines is 1. The van der Waals surface area contributed by atoms with Crippen molar-refractivity contribution in [1.82, 2.24) is 40.4 Å². The molecule has 50 heavy (non-hydrogen) atoms. The molecule has 262 valence electrons. The van der Waals surface area contributed by atoms with Crippen LogP contribution in [0.3, 0.4) is 0 Å². The topological polar surface area (TPSA) is 159 Å². The highest BCUT2D eigenvalue weighted by Gasteiger charge is 2.30. The molecule has 1 amide bonds. The SMILES string of the molecule is CC(C)(C)[C@H]1CCc2nc3sc(C(=O)N[C@H](CCN4CCC(n5ncnn5)CC4)c4ccc(-c5ccc(=O)[nH]c5)cc4)cc3cc2C1.O=CO. The quantitative estimate of drug-likeness (QED) is 0.173. The third-order valence-electron chi connectivity index (χ3n) is 10.0. The summed E-state index contributed by atoms with van der Waals surface area (Å²) < 4.78 is 0. The predicted octanol–water partition coefficient (Wildman–Crippen LogP) is 5.69. The molecule has 2 atom stereocenters. The maximum atomic E-state index is 13.9. The number of amides is 1. The molecule has 1 aliphatic heterocycles. The standard InChI is InChI=1S/C36H42N8O2S.CH2O2/c1-36(2,3)28-9-10-30-26(19-28)18-27-20-32(47-35(27)41-30)34(46)40-31(14-17-43-15-12-29(13-16-43)44-39-22-38-42-44)24-6-4-23(5-7-24)25-8-11-33(45)37-21-25;2-1-3/h4-8,11,18,20-22,28-29,31H,9-10,12-17,19H2,1-3H3,(H,37,45)(H,40,46);1H,(H,2,3)/t28-,31+;/m0./s1. The van der Waals surface area contributed by atoms with Crippen molar-refractivity contribution in [2.24, 2.45) is 11.3 Å². The fourth-order valence-corrected chi connectivity index (χ4v) is 7.99. The lowest BCUT2D eigenvalue weighted by Gasteiger charge is -2.34. The molecule has 1 fully saturated rings. The van der Waals surface area contributed by atoms with Gasteiger partial charge in [-0.3, -0.25) is 14.4 Å². The number of aromatic nitrogens is 6. The van der Waals surface area contributed by atoms with Gasteiger partial charge in [0, 0.05) is 43.0 Å². The minimum atomic E-state index is -0.250. The van der Waals surface area contributed by atoms with Crippen molar-refractivity contribution in [3.63, 3.8) is 0 Å². The number of carbonyl (C=O) groups is 2. The van der Waals surface area contributed by atoms with E-state index in [9.17, 15) is 9.59 Å². The predicted molar refractivity (Wildman–Crippen MR) is 193 cm³/mol. The molecule has 1 aromatic carbocycles. The number of nitrogens with zero attached hydrogens (tertiary/aromatic N) is 6. The fraction of sp³-hybridized carbons (Fsp3) is 0.432. The first kappa shape index (κ1) is 35.1. The van der Waals surface area contributed by atoms with E-state index in [1.165, 1.54) is 35.0 Å². The summed E-state index contributed by atoms with van der Waals surface area (Å²) in [6.45, 7) is 9.48. The second-order valence-electron chi connectivity index (χ2n) is 14.2. The van der Waals surface area contributed by atoms with Crippen molar-refractivity contribution < 1.29 is 14.7 Å². The first-order chi connectivity index (χ1) is 24.1. The highest BCUT2D eigenvalue weighted by atomic mass is 32.1. The Balaban J connectivity index is 0.00000139. The molecule has 2 aliphatic rings. The summed E-state index contributed by atoms with van der Waals surface area (Å²) in [6, 6.07) is 16.0. The molecule has 1 saturated heterocycles. The molecule has 3 N–H and O–H groups in total. The van der Waals surface area contributed by atoms with E-state index in [1.54, 1.807) is 11.0 Å².